The summed E-state index contributed by atoms with van der Waals surface area (Å²) in [6, 6.07) is 0. The van der Waals surface area contributed by atoms with Crippen molar-refractivity contribution in [1.29, 1.82) is 0 Å². The zero-order valence-electron chi connectivity index (χ0n) is 15.5. The molecule has 2 saturated heterocycles. The van der Waals surface area contributed by atoms with E-state index >= 15 is 0 Å². The van der Waals surface area contributed by atoms with Gasteiger partial charge in [-0.05, 0) is 6.92 Å². The molecule has 0 spiro atoms. The molecule has 0 aromatic carbocycles. The summed E-state index contributed by atoms with van der Waals surface area (Å²) >= 11 is 1.34. The summed E-state index contributed by atoms with van der Waals surface area (Å²) < 4.78 is 5.29. The molecule has 3 rings (SSSR count). The van der Waals surface area contributed by atoms with Crippen LogP contribution in [0.25, 0.3) is 0 Å². The first-order chi connectivity index (χ1) is 13.5. The normalized spacial score (nSPS) is 17.7. The summed E-state index contributed by atoms with van der Waals surface area (Å²) in [7, 11) is 0. The smallest absolute Gasteiger partial charge is 0.312 e. The molecule has 12 heteroatoms. The Morgan fingerprint density at radius 2 is 1.79 bits per heavy atom. The van der Waals surface area contributed by atoms with Crippen LogP contribution in [-0.4, -0.2) is 90.9 Å². The van der Waals surface area contributed by atoms with Crippen LogP contribution in [0.2, 0.25) is 0 Å². The standard InChI is InChI=1S/C16H22N6O5S/c1-2-20-3-4-22(15(26)14(20)25)9-12(23)18-19-13(24)11-10-28-16(17-11)21-5-7-27-8-6-21/h10H,2-9H2,1H3,(H,18,23)(H,19,24). The van der Waals surface area contributed by atoms with Crippen LogP contribution in [0, 0.1) is 0 Å². The summed E-state index contributed by atoms with van der Waals surface area (Å²) in [5.74, 6) is -2.49. The Morgan fingerprint density at radius 1 is 1.11 bits per heavy atom. The average Bonchev–Trinajstić information content (AvgIpc) is 3.21. The predicted molar refractivity (Wildman–Crippen MR) is 99.6 cm³/mol. The fourth-order valence-corrected chi connectivity index (χ4v) is 3.70. The number of morpholine rings is 1. The number of piperazine rings is 1. The molecular weight excluding hydrogens is 388 g/mol. The molecule has 0 aliphatic carbocycles. The van der Waals surface area contributed by atoms with Crippen LogP contribution < -0.4 is 15.8 Å². The number of anilines is 1. The molecule has 2 aliphatic heterocycles. The van der Waals surface area contributed by atoms with Gasteiger partial charge < -0.3 is 19.4 Å². The molecule has 2 fully saturated rings. The fourth-order valence-electron chi connectivity index (χ4n) is 2.84. The van der Waals surface area contributed by atoms with Gasteiger partial charge in [0.15, 0.2) is 5.13 Å². The Balaban J connectivity index is 1.47. The Labute approximate surface area is 165 Å². The minimum Gasteiger partial charge on any atom is -0.378 e. The molecule has 28 heavy (non-hydrogen) atoms. The van der Waals surface area contributed by atoms with Crippen molar-refractivity contribution in [3.05, 3.63) is 11.1 Å². The first-order valence-electron chi connectivity index (χ1n) is 8.95. The molecule has 2 N–H and O–H groups in total. The van der Waals surface area contributed by atoms with Crippen molar-refractivity contribution in [1.82, 2.24) is 25.6 Å². The van der Waals surface area contributed by atoms with Crippen molar-refractivity contribution in [2.45, 2.75) is 6.92 Å². The predicted octanol–water partition coefficient (Wildman–Crippen LogP) is -1.57. The lowest BCUT2D eigenvalue weighted by molar-refractivity contribution is -0.156. The maximum Gasteiger partial charge on any atom is 0.312 e. The van der Waals surface area contributed by atoms with Gasteiger partial charge in [0.05, 0.1) is 13.2 Å². The SMILES string of the molecule is CCN1CCN(CC(=O)NNC(=O)c2csc(N3CCOCC3)n2)C(=O)C1=O. The van der Waals surface area contributed by atoms with Crippen LogP contribution in [0.4, 0.5) is 5.13 Å². The number of hydrogen-bond acceptors (Lipinski definition) is 8. The van der Waals surface area contributed by atoms with E-state index in [0.717, 1.165) is 10.0 Å². The summed E-state index contributed by atoms with van der Waals surface area (Å²) in [6.07, 6.45) is 0. The number of nitrogens with one attached hydrogen (secondary N) is 2. The Bertz CT molecular complexity index is 762. The molecule has 0 radical (unpaired) electrons. The molecule has 0 saturated carbocycles. The van der Waals surface area contributed by atoms with Crippen LogP contribution in [0.15, 0.2) is 5.38 Å². The van der Waals surface area contributed by atoms with Gasteiger partial charge in [-0.25, -0.2) is 4.98 Å². The molecule has 3 heterocycles. The lowest BCUT2D eigenvalue weighted by Gasteiger charge is -2.32. The van der Waals surface area contributed by atoms with Crippen molar-refractivity contribution in [2.24, 2.45) is 0 Å². The second-order valence-electron chi connectivity index (χ2n) is 6.23. The highest BCUT2D eigenvalue weighted by atomic mass is 32.1. The van der Waals surface area contributed by atoms with Gasteiger partial charge in [-0.2, -0.15) is 0 Å². The van der Waals surface area contributed by atoms with E-state index < -0.39 is 23.6 Å². The number of amides is 4. The van der Waals surface area contributed by atoms with Crippen molar-refractivity contribution in [3.8, 4) is 0 Å². The molecule has 0 bridgehead atoms. The number of rotatable bonds is 5. The van der Waals surface area contributed by atoms with E-state index in [9.17, 15) is 19.2 Å². The molecule has 1 aromatic rings. The Kier molecular flexibility index (Phi) is 6.41. The zero-order valence-corrected chi connectivity index (χ0v) is 16.3. The van der Waals surface area contributed by atoms with Gasteiger partial charge in [0.1, 0.15) is 12.2 Å². The van der Waals surface area contributed by atoms with Crippen LogP contribution in [0.1, 0.15) is 17.4 Å². The molecule has 11 nitrogen and oxygen atoms in total. The van der Waals surface area contributed by atoms with E-state index in [2.05, 4.69) is 15.8 Å². The maximum absolute atomic E-state index is 12.2. The first kappa shape index (κ1) is 20.0. The minimum atomic E-state index is -0.718. The second-order valence-corrected chi connectivity index (χ2v) is 7.07. The van der Waals surface area contributed by atoms with Gasteiger partial charge in [-0.1, -0.05) is 0 Å². The highest BCUT2D eigenvalue weighted by Gasteiger charge is 2.32. The third kappa shape index (κ3) is 4.57. The van der Waals surface area contributed by atoms with Crippen molar-refractivity contribution < 1.29 is 23.9 Å². The number of aromatic nitrogens is 1. The number of nitrogens with zero attached hydrogens (tertiary/aromatic N) is 4. The van der Waals surface area contributed by atoms with Crippen molar-refractivity contribution in [2.75, 3.05) is 57.4 Å². The van der Waals surface area contributed by atoms with E-state index in [1.807, 2.05) is 4.90 Å². The third-order valence-electron chi connectivity index (χ3n) is 4.44. The number of carbonyl (C=O) groups excluding carboxylic acids is 4. The number of likely N-dealkylation sites (N-methyl/N-ethyl adjacent to an activating group) is 1. The molecule has 1 aromatic heterocycles. The number of thiazole rings is 1. The van der Waals surface area contributed by atoms with E-state index in [1.54, 1.807) is 12.3 Å². The van der Waals surface area contributed by atoms with E-state index in [1.165, 1.54) is 16.2 Å². The van der Waals surface area contributed by atoms with Crippen LogP contribution in [0.3, 0.4) is 0 Å². The monoisotopic (exact) mass is 410 g/mol. The molecule has 152 valence electrons. The number of hydrazine groups is 1. The van der Waals surface area contributed by atoms with Gasteiger partial charge in [0, 0.05) is 38.1 Å². The molecule has 0 unspecified atom stereocenters. The van der Waals surface area contributed by atoms with Crippen LogP contribution in [-0.2, 0) is 19.1 Å². The van der Waals surface area contributed by atoms with Gasteiger partial charge in [-0.3, -0.25) is 30.0 Å². The van der Waals surface area contributed by atoms with Gasteiger partial charge in [0.2, 0.25) is 0 Å². The van der Waals surface area contributed by atoms with Crippen molar-refractivity contribution in [3.63, 3.8) is 0 Å². The second kappa shape index (κ2) is 8.97. The molecule has 2 aliphatic rings. The summed E-state index contributed by atoms with van der Waals surface area (Å²) in [6.45, 7) is 5.23. The summed E-state index contributed by atoms with van der Waals surface area (Å²) in [5, 5.41) is 2.33. The third-order valence-corrected chi connectivity index (χ3v) is 5.34. The quantitative estimate of drug-likeness (QED) is 0.444. The number of ether oxygens (including phenoxy) is 1. The minimum absolute atomic E-state index is 0.189. The number of hydrogen-bond donors (Lipinski definition) is 2. The molecule has 0 atom stereocenters. The lowest BCUT2D eigenvalue weighted by atomic mass is 10.3. The van der Waals surface area contributed by atoms with Gasteiger partial charge in [-0.15, -0.1) is 11.3 Å². The molecule has 4 amide bonds. The Morgan fingerprint density at radius 3 is 2.50 bits per heavy atom. The largest absolute Gasteiger partial charge is 0.378 e. The first-order valence-corrected chi connectivity index (χ1v) is 9.83. The zero-order chi connectivity index (χ0) is 20.1. The lowest BCUT2D eigenvalue weighted by Crippen LogP contribution is -2.57. The fraction of sp³-hybridized carbons (Fsp3) is 0.562. The van der Waals surface area contributed by atoms with E-state index in [0.29, 0.717) is 39.4 Å². The summed E-state index contributed by atoms with van der Waals surface area (Å²) in [4.78, 5) is 56.9. The van der Waals surface area contributed by atoms with E-state index in [4.69, 9.17) is 4.74 Å². The Hall–Kier alpha value is -2.73. The average molecular weight is 410 g/mol. The highest BCUT2D eigenvalue weighted by Crippen LogP contribution is 2.21. The van der Waals surface area contributed by atoms with Crippen molar-refractivity contribution >= 4 is 40.1 Å². The molecular formula is C16H22N6O5S. The van der Waals surface area contributed by atoms with E-state index in [-0.39, 0.29) is 18.8 Å². The number of carbonyl (C=O) groups is 4. The maximum atomic E-state index is 12.2. The highest BCUT2D eigenvalue weighted by molar-refractivity contribution is 7.13. The van der Waals surface area contributed by atoms with Crippen LogP contribution >= 0.6 is 11.3 Å². The summed E-state index contributed by atoms with van der Waals surface area (Å²) in [5.41, 5.74) is 4.72. The van der Waals surface area contributed by atoms with Gasteiger partial charge >= 0.3 is 11.8 Å². The topological polar surface area (TPSA) is 124 Å². The van der Waals surface area contributed by atoms with Gasteiger partial charge in [0.25, 0.3) is 11.8 Å². The van der Waals surface area contributed by atoms with Crippen LogP contribution in [0.5, 0.6) is 0 Å².